The maximum Gasteiger partial charge on any atom is 0.0339 e. The van der Waals surface area contributed by atoms with Gasteiger partial charge in [-0.2, -0.15) is 0 Å². The molecule has 0 saturated heterocycles. The second-order valence-electron chi connectivity index (χ2n) is 12.1. The van der Waals surface area contributed by atoms with Gasteiger partial charge in [0.15, 0.2) is 0 Å². The molecular weight excluding hydrogens is 360 g/mol. The number of fused-ring (bicyclic) bond motifs is 5. The Hall–Kier alpha value is 0.0300. The first kappa shape index (κ1) is 21.3. The van der Waals surface area contributed by atoms with Gasteiger partial charge in [0.2, 0.25) is 0 Å². The lowest BCUT2D eigenvalue weighted by Gasteiger charge is -2.61. The van der Waals surface area contributed by atoms with E-state index in [0.29, 0.717) is 16.2 Å². The largest absolute Gasteiger partial charge is 0.123 e. The number of halogens is 1. The fourth-order valence-electron chi connectivity index (χ4n) is 9.11. The summed E-state index contributed by atoms with van der Waals surface area (Å²) in [7, 11) is 0. The van der Waals surface area contributed by atoms with E-state index in [-0.39, 0.29) is 0 Å². The van der Waals surface area contributed by atoms with Crippen LogP contribution in [0.2, 0.25) is 0 Å². The van der Waals surface area contributed by atoms with E-state index in [2.05, 4.69) is 34.3 Å². The van der Waals surface area contributed by atoms with Crippen molar-refractivity contribution in [3.8, 4) is 0 Å². The van der Waals surface area contributed by atoms with Crippen LogP contribution in [-0.2, 0) is 0 Å². The summed E-state index contributed by atoms with van der Waals surface area (Å²) in [4.78, 5) is 0. The molecule has 4 rings (SSSR count). The molecule has 2 unspecified atom stereocenters. The highest BCUT2D eigenvalue weighted by Gasteiger charge is 2.60. The summed E-state index contributed by atoms with van der Waals surface area (Å²) in [5.74, 6) is 5.78. The van der Waals surface area contributed by atoms with Crippen LogP contribution in [0.3, 0.4) is 0 Å². The van der Waals surface area contributed by atoms with Crippen LogP contribution in [-0.4, -0.2) is 5.38 Å². The summed E-state index contributed by atoms with van der Waals surface area (Å²) >= 11 is 6.59. The molecule has 28 heavy (non-hydrogen) atoms. The van der Waals surface area contributed by atoms with Crippen molar-refractivity contribution < 1.29 is 0 Å². The summed E-state index contributed by atoms with van der Waals surface area (Å²) < 4.78 is 0. The van der Waals surface area contributed by atoms with Crippen LogP contribution in [0.1, 0.15) is 105 Å². The van der Waals surface area contributed by atoms with Gasteiger partial charge in [0.05, 0.1) is 0 Å². The molecule has 4 saturated carbocycles. The zero-order valence-corrected chi connectivity index (χ0v) is 19.9. The van der Waals surface area contributed by atoms with Gasteiger partial charge in [0.25, 0.3) is 0 Å². The molecule has 0 heterocycles. The fourth-order valence-corrected chi connectivity index (χ4v) is 9.43. The molecule has 1 heteroatoms. The van der Waals surface area contributed by atoms with E-state index in [1.165, 1.54) is 82.6 Å². The van der Waals surface area contributed by atoms with Crippen molar-refractivity contribution in [2.75, 3.05) is 0 Å². The maximum atomic E-state index is 6.59. The normalized spacial score (nSPS) is 49.0. The molecule has 4 aliphatic carbocycles. The highest BCUT2D eigenvalue weighted by atomic mass is 35.5. The van der Waals surface area contributed by atoms with Crippen molar-refractivity contribution in [3.63, 3.8) is 0 Å². The standard InChI is InChI=1S/C27H45Cl/c1-18(2)7-6-8-19(3)23-11-12-24-22-10-9-20-17-21(28)13-15-26(20,4)25(22)14-16-27(23,24)5/h19-25H,1,6-17H2,2-5H3/t19-,20?,21?,22+,23-,24+,25+,26+,27-/m1/s1. The van der Waals surface area contributed by atoms with Gasteiger partial charge >= 0.3 is 0 Å². The van der Waals surface area contributed by atoms with Gasteiger partial charge in [-0.3, -0.25) is 0 Å². The number of allylic oxidation sites excluding steroid dienone is 1. The van der Waals surface area contributed by atoms with Gasteiger partial charge in [0, 0.05) is 5.38 Å². The molecule has 4 fully saturated rings. The predicted molar refractivity (Wildman–Crippen MR) is 123 cm³/mol. The molecule has 0 amide bonds. The molecule has 0 radical (unpaired) electrons. The Balaban J connectivity index is 1.47. The summed E-state index contributed by atoms with van der Waals surface area (Å²) in [6.07, 6.45) is 16.9. The molecule has 0 nitrogen and oxygen atoms in total. The minimum atomic E-state index is 0.458. The summed E-state index contributed by atoms with van der Waals surface area (Å²) in [6, 6.07) is 0. The van der Waals surface area contributed by atoms with Crippen LogP contribution in [0, 0.1) is 46.3 Å². The van der Waals surface area contributed by atoms with Gasteiger partial charge in [-0.15, -0.1) is 18.2 Å². The van der Waals surface area contributed by atoms with Crippen LogP contribution in [0.15, 0.2) is 12.2 Å². The van der Waals surface area contributed by atoms with Gasteiger partial charge in [0.1, 0.15) is 0 Å². The minimum Gasteiger partial charge on any atom is -0.123 e. The minimum absolute atomic E-state index is 0.458. The second kappa shape index (κ2) is 7.94. The molecule has 9 atom stereocenters. The Kier molecular flexibility index (Phi) is 6.03. The van der Waals surface area contributed by atoms with E-state index in [9.17, 15) is 0 Å². The van der Waals surface area contributed by atoms with Gasteiger partial charge in [-0.1, -0.05) is 32.8 Å². The van der Waals surface area contributed by atoms with E-state index in [1.807, 2.05) is 0 Å². The molecule has 0 aromatic rings. The monoisotopic (exact) mass is 404 g/mol. The van der Waals surface area contributed by atoms with Crippen LogP contribution in [0.5, 0.6) is 0 Å². The van der Waals surface area contributed by atoms with Crippen molar-refractivity contribution in [1.29, 1.82) is 0 Å². The van der Waals surface area contributed by atoms with E-state index in [4.69, 9.17) is 11.6 Å². The number of rotatable bonds is 5. The fraction of sp³-hybridized carbons (Fsp3) is 0.926. The van der Waals surface area contributed by atoms with E-state index in [0.717, 1.165) is 35.5 Å². The molecule has 0 bridgehead atoms. The molecule has 0 spiro atoms. The van der Waals surface area contributed by atoms with Crippen LogP contribution < -0.4 is 0 Å². The third-order valence-corrected chi connectivity index (χ3v) is 11.0. The Bertz CT molecular complexity index is 581. The lowest BCUT2D eigenvalue weighted by Crippen LogP contribution is -2.53. The maximum absolute atomic E-state index is 6.59. The highest BCUT2D eigenvalue weighted by molar-refractivity contribution is 6.20. The van der Waals surface area contributed by atoms with Gasteiger partial charge in [-0.05, 0) is 124 Å². The Morgan fingerprint density at radius 3 is 2.46 bits per heavy atom. The van der Waals surface area contributed by atoms with Crippen molar-refractivity contribution in [3.05, 3.63) is 12.2 Å². The van der Waals surface area contributed by atoms with Gasteiger partial charge in [-0.25, -0.2) is 0 Å². The molecule has 0 aliphatic heterocycles. The molecule has 4 aliphatic rings. The number of hydrogen-bond acceptors (Lipinski definition) is 0. The zero-order valence-electron chi connectivity index (χ0n) is 19.1. The highest BCUT2D eigenvalue weighted by Crippen LogP contribution is 2.68. The number of alkyl halides is 1. The Morgan fingerprint density at radius 2 is 1.71 bits per heavy atom. The number of hydrogen-bond donors (Lipinski definition) is 0. The Morgan fingerprint density at radius 1 is 1.00 bits per heavy atom. The van der Waals surface area contributed by atoms with Crippen LogP contribution in [0.25, 0.3) is 0 Å². The third kappa shape index (κ3) is 3.52. The predicted octanol–water partition coefficient (Wildman–Crippen LogP) is 8.64. The molecule has 0 N–H and O–H groups in total. The summed E-state index contributed by atoms with van der Waals surface area (Å²) in [6.45, 7) is 14.3. The molecule has 0 aromatic heterocycles. The SMILES string of the molecule is C=C(C)CCC[C@@H](C)[C@H]1CC[C@H]2[C@@H]3CCC4CC(Cl)CC[C@]4(C)[C@H]3CC[C@]12C. The first-order valence-corrected chi connectivity index (χ1v) is 13.0. The second-order valence-corrected chi connectivity index (χ2v) is 12.7. The molecule has 160 valence electrons. The average Bonchev–Trinajstić information content (AvgIpc) is 2.99. The lowest BCUT2D eigenvalue weighted by molar-refractivity contribution is -0.113. The van der Waals surface area contributed by atoms with Crippen molar-refractivity contribution in [1.82, 2.24) is 0 Å². The lowest BCUT2D eigenvalue weighted by atomic mass is 9.44. The van der Waals surface area contributed by atoms with Crippen LogP contribution in [0.4, 0.5) is 0 Å². The van der Waals surface area contributed by atoms with Crippen molar-refractivity contribution >= 4 is 11.6 Å². The van der Waals surface area contributed by atoms with Crippen molar-refractivity contribution in [2.45, 2.75) is 110 Å². The van der Waals surface area contributed by atoms with Crippen LogP contribution >= 0.6 is 11.6 Å². The van der Waals surface area contributed by atoms with Gasteiger partial charge < -0.3 is 0 Å². The Labute approximate surface area is 180 Å². The van der Waals surface area contributed by atoms with E-state index >= 15 is 0 Å². The topological polar surface area (TPSA) is 0 Å². The first-order chi connectivity index (χ1) is 13.3. The average molecular weight is 405 g/mol. The first-order valence-electron chi connectivity index (χ1n) is 12.5. The van der Waals surface area contributed by atoms with E-state index in [1.54, 1.807) is 0 Å². The third-order valence-electron chi connectivity index (χ3n) is 10.6. The van der Waals surface area contributed by atoms with E-state index < -0.39 is 0 Å². The molecule has 0 aromatic carbocycles. The molecular formula is C27H45Cl. The summed E-state index contributed by atoms with van der Waals surface area (Å²) in [5, 5.41) is 0.458. The smallest absolute Gasteiger partial charge is 0.0339 e. The quantitative estimate of drug-likeness (QED) is 0.317. The summed E-state index contributed by atoms with van der Waals surface area (Å²) in [5.41, 5.74) is 2.58. The van der Waals surface area contributed by atoms with Crippen molar-refractivity contribution in [2.24, 2.45) is 46.3 Å². The zero-order chi connectivity index (χ0) is 20.1.